The van der Waals surface area contributed by atoms with Crippen molar-refractivity contribution >= 4 is 11.8 Å². The molecular formula is C14H21N3O4. The molecule has 7 heteroatoms. The topological polar surface area (TPSA) is 108 Å². The number of rotatable bonds is 7. The van der Waals surface area contributed by atoms with Gasteiger partial charge < -0.3 is 25.8 Å². The number of benzene rings is 1. The van der Waals surface area contributed by atoms with E-state index in [2.05, 4.69) is 0 Å². The molecule has 21 heavy (non-hydrogen) atoms. The first kappa shape index (κ1) is 16.8. The van der Waals surface area contributed by atoms with Crippen LogP contribution in [0, 0.1) is 0 Å². The Balaban J connectivity index is 2.76. The molecule has 1 aromatic carbocycles. The van der Waals surface area contributed by atoms with E-state index in [9.17, 15) is 9.59 Å². The molecular weight excluding hydrogens is 274 g/mol. The van der Waals surface area contributed by atoms with E-state index >= 15 is 0 Å². The lowest BCUT2D eigenvalue weighted by Crippen LogP contribution is -2.43. The van der Waals surface area contributed by atoms with Gasteiger partial charge in [0, 0.05) is 13.6 Å². The van der Waals surface area contributed by atoms with Gasteiger partial charge in [-0.15, -0.1) is 0 Å². The lowest BCUT2D eigenvalue weighted by molar-refractivity contribution is -0.133. The molecule has 2 amide bonds. The van der Waals surface area contributed by atoms with E-state index in [1.807, 2.05) is 6.07 Å². The molecule has 1 rings (SSSR count). The molecule has 0 heterocycles. The van der Waals surface area contributed by atoms with Crippen LogP contribution in [0.4, 0.5) is 0 Å². The van der Waals surface area contributed by atoms with Crippen molar-refractivity contribution < 1.29 is 19.1 Å². The normalized spacial score (nSPS) is 11.6. The Morgan fingerprint density at radius 2 is 1.86 bits per heavy atom. The molecule has 0 aliphatic heterocycles. The van der Waals surface area contributed by atoms with Crippen LogP contribution in [0.1, 0.15) is 12.0 Å². The number of hydrogen-bond acceptors (Lipinski definition) is 5. The van der Waals surface area contributed by atoms with Crippen LogP contribution < -0.4 is 20.9 Å². The first-order chi connectivity index (χ1) is 9.88. The number of ether oxygens (including phenoxy) is 2. The van der Waals surface area contributed by atoms with Crippen molar-refractivity contribution in [3.05, 3.63) is 23.8 Å². The molecule has 0 fully saturated rings. The predicted octanol–water partition coefficient (Wildman–Crippen LogP) is -0.135. The Labute approximate surface area is 123 Å². The largest absolute Gasteiger partial charge is 0.493 e. The van der Waals surface area contributed by atoms with E-state index in [1.54, 1.807) is 33.4 Å². The van der Waals surface area contributed by atoms with Crippen molar-refractivity contribution in [1.82, 2.24) is 4.90 Å². The quantitative estimate of drug-likeness (QED) is 0.728. The highest BCUT2D eigenvalue weighted by Crippen LogP contribution is 2.27. The Morgan fingerprint density at radius 3 is 2.38 bits per heavy atom. The fourth-order valence-electron chi connectivity index (χ4n) is 1.92. The average molecular weight is 295 g/mol. The molecule has 1 unspecified atom stereocenters. The highest BCUT2D eigenvalue weighted by atomic mass is 16.5. The number of likely N-dealkylation sites (N-methyl/N-ethyl adjacent to an activating group) is 1. The third kappa shape index (κ3) is 4.64. The van der Waals surface area contributed by atoms with Crippen molar-refractivity contribution in [3.63, 3.8) is 0 Å². The van der Waals surface area contributed by atoms with E-state index in [4.69, 9.17) is 20.9 Å². The van der Waals surface area contributed by atoms with Crippen molar-refractivity contribution in [2.24, 2.45) is 11.5 Å². The van der Waals surface area contributed by atoms with Gasteiger partial charge >= 0.3 is 0 Å². The van der Waals surface area contributed by atoms with Crippen molar-refractivity contribution in [3.8, 4) is 11.5 Å². The number of carbonyl (C=O) groups excluding carboxylic acids is 2. The smallest absolute Gasteiger partial charge is 0.240 e. The van der Waals surface area contributed by atoms with Crippen molar-refractivity contribution in [1.29, 1.82) is 0 Å². The van der Waals surface area contributed by atoms with Crippen LogP contribution in [0.2, 0.25) is 0 Å². The van der Waals surface area contributed by atoms with Crippen LogP contribution in [-0.4, -0.2) is 44.0 Å². The Hall–Kier alpha value is -2.28. The first-order valence-corrected chi connectivity index (χ1v) is 6.38. The number of hydrogen-bond donors (Lipinski definition) is 2. The molecule has 116 valence electrons. The van der Waals surface area contributed by atoms with Crippen LogP contribution in [0.25, 0.3) is 0 Å². The fourth-order valence-corrected chi connectivity index (χ4v) is 1.92. The highest BCUT2D eigenvalue weighted by molar-refractivity contribution is 5.87. The molecule has 0 spiro atoms. The van der Waals surface area contributed by atoms with Crippen molar-refractivity contribution in [2.75, 3.05) is 21.3 Å². The number of nitrogens with zero attached hydrogens (tertiary/aromatic N) is 1. The second-order valence-electron chi connectivity index (χ2n) is 4.66. The Bertz CT molecular complexity index is 519. The third-order valence-corrected chi connectivity index (χ3v) is 2.98. The molecule has 0 radical (unpaired) electrons. The molecule has 0 aliphatic carbocycles. The zero-order chi connectivity index (χ0) is 16.0. The summed E-state index contributed by atoms with van der Waals surface area (Å²) in [5.74, 6) is 0.247. The van der Waals surface area contributed by atoms with Gasteiger partial charge in [0.2, 0.25) is 11.8 Å². The number of nitrogens with two attached hydrogens (primary N) is 2. The van der Waals surface area contributed by atoms with Gasteiger partial charge in [0.25, 0.3) is 0 Å². The van der Waals surface area contributed by atoms with E-state index in [-0.39, 0.29) is 12.3 Å². The first-order valence-electron chi connectivity index (χ1n) is 6.38. The predicted molar refractivity (Wildman–Crippen MR) is 77.8 cm³/mol. The lowest BCUT2D eigenvalue weighted by Gasteiger charge is -2.21. The van der Waals surface area contributed by atoms with Crippen LogP contribution in [0.3, 0.4) is 0 Å². The van der Waals surface area contributed by atoms with Crippen molar-refractivity contribution in [2.45, 2.75) is 19.0 Å². The summed E-state index contributed by atoms with van der Waals surface area (Å²) in [5.41, 5.74) is 11.5. The van der Waals surface area contributed by atoms with E-state index in [0.29, 0.717) is 18.0 Å². The SMILES string of the molecule is COc1ccc(CN(C)C(=O)C(N)CC(N)=O)cc1OC. The summed E-state index contributed by atoms with van der Waals surface area (Å²) in [6.07, 6.45) is -0.172. The number of amides is 2. The summed E-state index contributed by atoms with van der Waals surface area (Å²) in [6.45, 7) is 0.339. The summed E-state index contributed by atoms with van der Waals surface area (Å²) in [7, 11) is 4.70. The van der Waals surface area contributed by atoms with E-state index in [0.717, 1.165) is 5.56 Å². The Kier molecular flexibility index (Phi) is 5.98. The molecule has 1 atom stereocenters. The monoisotopic (exact) mass is 295 g/mol. The van der Waals surface area contributed by atoms with Crippen LogP contribution in [0.5, 0.6) is 11.5 Å². The third-order valence-electron chi connectivity index (χ3n) is 2.98. The number of methoxy groups -OCH3 is 2. The van der Waals surface area contributed by atoms with Gasteiger partial charge in [-0.05, 0) is 17.7 Å². The molecule has 0 aromatic heterocycles. The second-order valence-corrected chi connectivity index (χ2v) is 4.66. The maximum absolute atomic E-state index is 12.0. The molecule has 7 nitrogen and oxygen atoms in total. The van der Waals surface area contributed by atoms with Crippen LogP contribution in [-0.2, 0) is 16.1 Å². The minimum absolute atomic E-state index is 0.172. The minimum Gasteiger partial charge on any atom is -0.493 e. The summed E-state index contributed by atoms with van der Waals surface area (Å²) in [5, 5.41) is 0. The zero-order valence-corrected chi connectivity index (χ0v) is 12.5. The summed E-state index contributed by atoms with van der Waals surface area (Å²) < 4.78 is 10.4. The van der Waals surface area contributed by atoms with Gasteiger partial charge in [-0.2, -0.15) is 0 Å². The zero-order valence-electron chi connectivity index (χ0n) is 12.5. The molecule has 0 saturated carbocycles. The number of carbonyl (C=O) groups is 2. The summed E-state index contributed by atoms with van der Waals surface area (Å²) in [4.78, 5) is 24.2. The fraction of sp³-hybridized carbons (Fsp3) is 0.429. The lowest BCUT2D eigenvalue weighted by atomic mass is 10.1. The number of primary amides is 1. The van der Waals surface area contributed by atoms with Crippen LogP contribution in [0.15, 0.2) is 18.2 Å². The van der Waals surface area contributed by atoms with Gasteiger partial charge in [0.1, 0.15) is 0 Å². The molecule has 1 aromatic rings. The summed E-state index contributed by atoms with van der Waals surface area (Å²) >= 11 is 0. The molecule has 0 aliphatic rings. The minimum atomic E-state index is -0.923. The Morgan fingerprint density at radius 1 is 1.24 bits per heavy atom. The average Bonchev–Trinajstić information content (AvgIpc) is 2.45. The second kappa shape index (κ2) is 7.49. The van der Waals surface area contributed by atoms with Gasteiger partial charge in [-0.1, -0.05) is 6.07 Å². The summed E-state index contributed by atoms with van der Waals surface area (Å²) in [6, 6.07) is 4.44. The standard InChI is InChI=1S/C14H21N3O4/c1-17(14(19)10(15)7-13(16)18)8-9-4-5-11(20-2)12(6-9)21-3/h4-6,10H,7-8,15H2,1-3H3,(H2,16,18). The maximum Gasteiger partial charge on any atom is 0.240 e. The van der Waals surface area contributed by atoms with E-state index < -0.39 is 11.9 Å². The molecule has 0 saturated heterocycles. The molecule has 4 N–H and O–H groups in total. The van der Waals surface area contributed by atoms with Crippen LogP contribution >= 0.6 is 0 Å². The van der Waals surface area contributed by atoms with Gasteiger partial charge in [0.15, 0.2) is 11.5 Å². The molecule has 0 bridgehead atoms. The van der Waals surface area contributed by atoms with Gasteiger partial charge in [0.05, 0.1) is 26.7 Å². The highest BCUT2D eigenvalue weighted by Gasteiger charge is 2.20. The van der Waals surface area contributed by atoms with E-state index in [1.165, 1.54) is 4.90 Å². The van der Waals surface area contributed by atoms with Gasteiger partial charge in [-0.3, -0.25) is 9.59 Å². The van der Waals surface area contributed by atoms with Gasteiger partial charge in [-0.25, -0.2) is 0 Å². The maximum atomic E-state index is 12.0.